The van der Waals surface area contributed by atoms with E-state index in [1.54, 1.807) is 0 Å². The smallest absolute Gasteiger partial charge is 0.231 e. The third-order valence-corrected chi connectivity index (χ3v) is 5.19. The number of hydrogen-bond acceptors (Lipinski definition) is 1. The van der Waals surface area contributed by atoms with Crippen LogP contribution in [0.25, 0.3) is 0 Å². The molecule has 2 aliphatic rings. The summed E-state index contributed by atoms with van der Waals surface area (Å²) >= 11 is 0. The number of carbonyl (C=O) groups excluding carboxylic acids is 1. The fourth-order valence-corrected chi connectivity index (χ4v) is 3.73. The number of rotatable bonds is 3. The molecular weight excluding hydrogens is 270 g/mol. The van der Waals surface area contributed by atoms with Crippen LogP contribution in [0, 0.1) is 0 Å². The van der Waals surface area contributed by atoms with Gasteiger partial charge in [0.1, 0.15) is 0 Å². The highest BCUT2D eigenvalue weighted by molar-refractivity contribution is 5.91. The van der Waals surface area contributed by atoms with Gasteiger partial charge >= 0.3 is 0 Å². The molecular formula is C20H21NO. The zero-order valence-corrected chi connectivity index (χ0v) is 12.7. The Hall–Kier alpha value is -2.09. The van der Waals surface area contributed by atoms with Crippen molar-refractivity contribution in [2.45, 2.75) is 43.6 Å². The molecule has 0 radical (unpaired) electrons. The van der Waals surface area contributed by atoms with Crippen molar-refractivity contribution in [3.63, 3.8) is 0 Å². The van der Waals surface area contributed by atoms with Gasteiger partial charge < -0.3 is 5.32 Å². The van der Waals surface area contributed by atoms with Crippen molar-refractivity contribution in [2.24, 2.45) is 0 Å². The Kier molecular flexibility index (Phi) is 3.25. The normalized spacial score (nSPS) is 21.7. The molecule has 0 aliphatic heterocycles. The second kappa shape index (κ2) is 5.28. The van der Waals surface area contributed by atoms with Crippen LogP contribution in [0.1, 0.15) is 48.4 Å². The van der Waals surface area contributed by atoms with Crippen LogP contribution in [0.3, 0.4) is 0 Å². The predicted molar refractivity (Wildman–Crippen MR) is 87.6 cm³/mol. The zero-order chi connectivity index (χ0) is 15.0. The molecule has 2 aliphatic carbocycles. The summed E-state index contributed by atoms with van der Waals surface area (Å²) in [6.45, 7) is 0. The van der Waals surface area contributed by atoms with E-state index in [-0.39, 0.29) is 17.4 Å². The second-order valence-corrected chi connectivity index (χ2v) is 6.57. The maximum Gasteiger partial charge on any atom is 0.231 e. The number of nitrogens with one attached hydrogen (secondary N) is 1. The average Bonchev–Trinajstić information content (AvgIpc) is 3.38. The van der Waals surface area contributed by atoms with Crippen molar-refractivity contribution in [3.8, 4) is 0 Å². The molecule has 0 unspecified atom stereocenters. The van der Waals surface area contributed by atoms with Gasteiger partial charge in [0, 0.05) is 0 Å². The highest BCUT2D eigenvalue weighted by atomic mass is 16.2. The SMILES string of the molecule is O=C(N[C@@H]1CCCc2ccccc21)C1(c2ccccc2)CC1. The summed E-state index contributed by atoms with van der Waals surface area (Å²) in [5.74, 6) is 0.209. The standard InChI is InChI=1S/C20H21NO/c22-19(20(13-14-20)16-9-2-1-3-10-16)21-18-12-6-8-15-7-4-5-11-17(15)18/h1-5,7,9-11,18H,6,8,12-14H2,(H,21,22)/t18-/m1/s1. The topological polar surface area (TPSA) is 29.1 Å². The predicted octanol–water partition coefficient (Wildman–Crippen LogP) is 3.91. The first kappa shape index (κ1) is 13.6. The van der Waals surface area contributed by atoms with Crippen molar-refractivity contribution in [1.82, 2.24) is 5.32 Å². The maximum atomic E-state index is 12.9. The van der Waals surface area contributed by atoms with Gasteiger partial charge in [-0.25, -0.2) is 0 Å². The summed E-state index contributed by atoms with van der Waals surface area (Å²) in [7, 11) is 0. The van der Waals surface area contributed by atoms with Gasteiger partial charge in [0.15, 0.2) is 0 Å². The van der Waals surface area contributed by atoms with Crippen LogP contribution in [-0.2, 0) is 16.6 Å². The lowest BCUT2D eigenvalue weighted by Gasteiger charge is -2.28. The molecule has 112 valence electrons. The fourth-order valence-electron chi connectivity index (χ4n) is 3.73. The van der Waals surface area contributed by atoms with Gasteiger partial charge in [0.2, 0.25) is 5.91 Å². The molecule has 2 aromatic carbocycles. The van der Waals surface area contributed by atoms with Crippen LogP contribution in [0.4, 0.5) is 0 Å². The zero-order valence-electron chi connectivity index (χ0n) is 12.7. The summed E-state index contributed by atoms with van der Waals surface area (Å²) in [5, 5.41) is 3.34. The third-order valence-electron chi connectivity index (χ3n) is 5.19. The largest absolute Gasteiger partial charge is 0.349 e. The molecule has 1 amide bonds. The van der Waals surface area contributed by atoms with E-state index in [1.165, 1.54) is 11.1 Å². The van der Waals surface area contributed by atoms with E-state index < -0.39 is 0 Å². The van der Waals surface area contributed by atoms with E-state index in [2.05, 4.69) is 41.7 Å². The van der Waals surface area contributed by atoms with Crippen LogP contribution in [-0.4, -0.2) is 5.91 Å². The van der Waals surface area contributed by atoms with E-state index in [0.29, 0.717) is 0 Å². The first-order valence-electron chi connectivity index (χ1n) is 8.24. The molecule has 1 saturated carbocycles. The maximum absolute atomic E-state index is 12.9. The average molecular weight is 291 g/mol. The highest BCUT2D eigenvalue weighted by Crippen LogP contribution is 2.49. The Labute approximate surface area is 131 Å². The van der Waals surface area contributed by atoms with Crippen molar-refractivity contribution >= 4 is 5.91 Å². The molecule has 2 aromatic rings. The summed E-state index contributed by atoms with van der Waals surface area (Å²) < 4.78 is 0. The van der Waals surface area contributed by atoms with Gasteiger partial charge in [0.25, 0.3) is 0 Å². The van der Waals surface area contributed by atoms with Crippen LogP contribution < -0.4 is 5.32 Å². The lowest BCUT2D eigenvalue weighted by Crippen LogP contribution is -2.38. The minimum absolute atomic E-state index is 0.179. The van der Waals surface area contributed by atoms with E-state index in [4.69, 9.17) is 0 Å². The van der Waals surface area contributed by atoms with Crippen molar-refractivity contribution in [3.05, 3.63) is 71.3 Å². The van der Waals surface area contributed by atoms with Crippen molar-refractivity contribution in [2.75, 3.05) is 0 Å². The minimum Gasteiger partial charge on any atom is -0.349 e. The third kappa shape index (κ3) is 2.23. The molecule has 22 heavy (non-hydrogen) atoms. The number of amides is 1. The molecule has 0 heterocycles. The first-order valence-corrected chi connectivity index (χ1v) is 8.24. The van der Waals surface area contributed by atoms with Crippen LogP contribution >= 0.6 is 0 Å². The number of benzene rings is 2. The van der Waals surface area contributed by atoms with Crippen molar-refractivity contribution < 1.29 is 4.79 Å². The molecule has 0 saturated heterocycles. The summed E-state index contributed by atoms with van der Waals surface area (Å²) in [5.41, 5.74) is 3.60. The Morgan fingerprint density at radius 3 is 2.50 bits per heavy atom. The molecule has 2 nitrogen and oxygen atoms in total. The van der Waals surface area contributed by atoms with Gasteiger partial charge in [-0.05, 0) is 48.8 Å². The molecule has 1 N–H and O–H groups in total. The minimum atomic E-state index is -0.270. The van der Waals surface area contributed by atoms with Gasteiger partial charge in [0.05, 0.1) is 11.5 Å². The monoisotopic (exact) mass is 291 g/mol. The summed E-state index contributed by atoms with van der Waals surface area (Å²) in [6, 6.07) is 18.9. The Balaban J connectivity index is 1.57. The Morgan fingerprint density at radius 2 is 1.73 bits per heavy atom. The Bertz CT molecular complexity index is 688. The van der Waals surface area contributed by atoms with Crippen molar-refractivity contribution in [1.29, 1.82) is 0 Å². The fraction of sp³-hybridized carbons (Fsp3) is 0.350. The molecule has 0 aromatic heterocycles. The van der Waals surface area contributed by atoms with Gasteiger partial charge in [-0.2, -0.15) is 0 Å². The highest BCUT2D eigenvalue weighted by Gasteiger charge is 2.51. The molecule has 4 rings (SSSR count). The molecule has 1 atom stereocenters. The Morgan fingerprint density at radius 1 is 1.00 bits per heavy atom. The van der Waals surface area contributed by atoms with Gasteiger partial charge in [-0.15, -0.1) is 0 Å². The number of fused-ring (bicyclic) bond motifs is 1. The summed E-state index contributed by atoms with van der Waals surface area (Å²) in [4.78, 5) is 12.9. The van der Waals surface area contributed by atoms with E-state index in [0.717, 1.165) is 37.7 Å². The number of hydrogen-bond donors (Lipinski definition) is 1. The van der Waals surface area contributed by atoms with Gasteiger partial charge in [-0.1, -0.05) is 54.6 Å². The quantitative estimate of drug-likeness (QED) is 0.912. The molecule has 2 heteroatoms. The number of aryl methyl sites for hydroxylation is 1. The number of carbonyl (C=O) groups is 1. The lowest BCUT2D eigenvalue weighted by molar-refractivity contribution is -0.124. The first-order chi connectivity index (χ1) is 10.8. The molecule has 1 fully saturated rings. The lowest BCUT2D eigenvalue weighted by atomic mass is 9.86. The van der Waals surface area contributed by atoms with Crippen LogP contribution in [0.15, 0.2) is 54.6 Å². The second-order valence-electron chi connectivity index (χ2n) is 6.57. The van der Waals surface area contributed by atoms with Gasteiger partial charge in [-0.3, -0.25) is 4.79 Å². The van der Waals surface area contributed by atoms with Crippen LogP contribution in [0.2, 0.25) is 0 Å². The van der Waals surface area contributed by atoms with E-state index in [1.807, 2.05) is 18.2 Å². The van der Waals surface area contributed by atoms with E-state index in [9.17, 15) is 4.79 Å². The molecule has 0 bridgehead atoms. The summed E-state index contributed by atoms with van der Waals surface area (Å²) in [6.07, 6.45) is 5.27. The molecule has 0 spiro atoms. The van der Waals surface area contributed by atoms with E-state index >= 15 is 0 Å². The van der Waals surface area contributed by atoms with Crippen LogP contribution in [0.5, 0.6) is 0 Å².